The van der Waals surface area contributed by atoms with Gasteiger partial charge in [-0.25, -0.2) is 4.90 Å². The lowest BCUT2D eigenvalue weighted by molar-refractivity contribution is -0.130. The van der Waals surface area contributed by atoms with Crippen LogP contribution in [0.1, 0.15) is 22.3 Å². The minimum absolute atomic E-state index is 0.189. The smallest absolute Gasteiger partial charge is 0.239 e. The molecule has 2 aliphatic carbocycles. The predicted octanol–water partition coefficient (Wildman–Crippen LogP) is 6.90. The van der Waals surface area contributed by atoms with Gasteiger partial charge in [0.05, 0.1) is 49.7 Å². The number of amides is 2. The van der Waals surface area contributed by atoms with Crippen molar-refractivity contribution < 1.29 is 28.6 Å². The van der Waals surface area contributed by atoms with Crippen LogP contribution in [0.4, 0.5) is 5.69 Å². The number of carbonyl (C=O) groups excluding carboxylic acids is 3. The molecule has 7 nitrogen and oxygen atoms in total. The number of carbonyl (C=O) groups is 3. The van der Waals surface area contributed by atoms with E-state index in [0.29, 0.717) is 45.2 Å². The number of methoxy groups -OCH3 is 3. The summed E-state index contributed by atoms with van der Waals surface area (Å²) < 4.78 is 16.7. The number of ether oxygens (including phenoxy) is 3. The first-order chi connectivity index (χ1) is 23.9. The number of para-hydroxylation sites is 2. The molecule has 8 rings (SSSR count). The summed E-state index contributed by atoms with van der Waals surface area (Å²) >= 11 is 0. The molecule has 7 heteroatoms. The quantitative estimate of drug-likeness (QED) is 0.171. The molecule has 0 aromatic heterocycles. The lowest BCUT2D eigenvalue weighted by atomic mass is 9.59. The number of nitrogens with zero attached hydrogens (tertiary/aromatic N) is 1. The van der Waals surface area contributed by atoms with Crippen molar-refractivity contribution in [3.63, 3.8) is 0 Å². The SMILES string of the molecule is COc1ccc(C2=C(c3ccc(OC)cc3)[C@@]3(c4ccccc4)C(=O)[C@@]2(c2ccccc2)[C@H]2C(=O)N(c4ccccc4OC)C(=O)[C@@H]23)cc1. The monoisotopic (exact) mass is 647 g/mol. The second-order valence-electron chi connectivity index (χ2n) is 12.5. The number of imide groups is 1. The first kappa shape index (κ1) is 30.4. The predicted molar refractivity (Wildman–Crippen MR) is 187 cm³/mol. The van der Waals surface area contributed by atoms with Gasteiger partial charge in [0, 0.05) is 0 Å². The van der Waals surface area contributed by atoms with Crippen LogP contribution < -0.4 is 19.1 Å². The van der Waals surface area contributed by atoms with Crippen molar-refractivity contribution >= 4 is 34.4 Å². The Bertz CT molecular complexity index is 2010. The fraction of sp³-hybridized carbons (Fsp3) is 0.167. The van der Waals surface area contributed by atoms with Crippen molar-refractivity contribution in [3.05, 3.63) is 156 Å². The fourth-order valence-electron chi connectivity index (χ4n) is 8.69. The van der Waals surface area contributed by atoms with E-state index in [1.807, 2.05) is 109 Å². The maximum atomic E-state index is 16.1. The molecular weight excluding hydrogens is 614 g/mol. The molecule has 1 saturated heterocycles. The number of fused-ring (bicyclic) bond motifs is 5. The summed E-state index contributed by atoms with van der Waals surface area (Å²) in [7, 11) is 4.72. The first-order valence-corrected chi connectivity index (χ1v) is 16.1. The normalized spacial score (nSPS) is 24.0. The molecule has 2 fully saturated rings. The largest absolute Gasteiger partial charge is 0.497 e. The van der Waals surface area contributed by atoms with E-state index in [2.05, 4.69) is 0 Å². The van der Waals surface area contributed by atoms with Gasteiger partial charge in [-0.15, -0.1) is 0 Å². The van der Waals surface area contributed by atoms with Gasteiger partial charge in [0.1, 0.15) is 17.2 Å². The van der Waals surface area contributed by atoms with Gasteiger partial charge in [-0.3, -0.25) is 14.4 Å². The molecule has 0 spiro atoms. The third kappa shape index (κ3) is 3.93. The Labute approximate surface area is 284 Å². The number of hydrogen-bond acceptors (Lipinski definition) is 6. The van der Waals surface area contributed by atoms with E-state index < -0.39 is 34.5 Å². The first-order valence-electron chi connectivity index (χ1n) is 16.1. The molecule has 0 unspecified atom stereocenters. The zero-order valence-corrected chi connectivity index (χ0v) is 27.3. The summed E-state index contributed by atoms with van der Waals surface area (Å²) in [6, 6.07) is 41.1. The minimum Gasteiger partial charge on any atom is -0.497 e. The van der Waals surface area contributed by atoms with E-state index in [4.69, 9.17) is 14.2 Å². The van der Waals surface area contributed by atoms with Gasteiger partial charge in [0.25, 0.3) is 0 Å². The molecule has 242 valence electrons. The van der Waals surface area contributed by atoms with Gasteiger partial charge < -0.3 is 14.2 Å². The molecular formula is C42H33NO6. The number of allylic oxidation sites excluding steroid dienone is 2. The van der Waals surface area contributed by atoms with Crippen molar-refractivity contribution in [1.82, 2.24) is 0 Å². The number of ketones is 1. The third-order valence-corrected chi connectivity index (χ3v) is 10.5. The number of anilines is 1. The van der Waals surface area contributed by atoms with E-state index in [1.165, 1.54) is 12.0 Å². The number of rotatable bonds is 8. The average Bonchev–Trinajstić information content (AvgIpc) is 3.67. The Hall–Kier alpha value is -5.95. The summed E-state index contributed by atoms with van der Waals surface area (Å²) in [6.07, 6.45) is 0. The Balaban J connectivity index is 1.55. The van der Waals surface area contributed by atoms with Crippen LogP contribution in [0.2, 0.25) is 0 Å². The molecule has 4 atom stereocenters. The van der Waals surface area contributed by atoms with Gasteiger partial charge in [-0.2, -0.15) is 0 Å². The van der Waals surface area contributed by atoms with Crippen LogP contribution in [0.5, 0.6) is 17.2 Å². The fourth-order valence-corrected chi connectivity index (χ4v) is 8.69. The number of benzene rings is 5. The Kier molecular flexibility index (Phi) is 7.03. The second kappa shape index (κ2) is 11.3. The zero-order valence-electron chi connectivity index (χ0n) is 27.3. The highest BCUT2D eigenvalue weighted by atomic mass is 16.5. The van der Waals surface area contributed by atoms with Crippen LogP contribution >= 0.6 is 0 Å². The van der Waals surface area contributed by atoms with Crippen LogP contribution in [0.15, 0.2) is 133 Å². The van der Waals surface area contributed by atoms with Gasteiger partial charge >= 0.3 is 0 Å². The van der Waals surface area contributed by atoms with Crippen LogP contribution in [0.25, 0.3) is 11.1 Å². The van der Waals surface area contributed by atoms with Crippen LogP contribution in [-0.4, -0.2) is 38.9 Å². The number of Topliss-reactive ketones (excluding diaryl/α,β-unsaturated/α-hetero) is 1. The number of hydrogen-bond donors (Lipinski definition) is 0. The van der Waals surface area contributed by atoms with E-state index in [9.17, 15) is 0 Å². The van der Waals surface area contributed by atoms with E-state index in [1.54, 1.807) is 38.5 Å². The lowest BCUT2D eigenvalue weighted by Crippen LogP contribution is -2.45. The highest BCUT2D eigenvalue weighted by Crippen LogP contribution is 2.74. The van der Waals surface area contributed by atoms with Gasteiger partial charge in [0.2, 0.25) is 11.8 Å². The molecule has 0 N–H and O–H groups in total. The van der Waals surface area contributed by atoms with Crippen molar-refractivity contribution in [2.24, 2.45) is 11.8 Å². The van der Waals surface area contributed by atoms with Crippen LogP contribution in [0.3, 0.4) is 0 Å². The molecule has 2 amide bonds. The summed E-state index contributed by atoms with van der Waals surface area (Å²) in [4.78, 5) is 47.7. The molecule has 2 bridgehead atoms. The molecule has 0 radical (unpaired) electrons. The van der Waals surface area contributed by atoms with E-state index in [0.717, 1.165) is 11.1 Å². The topological polar surface area (TPSA) is 82.1 Å². The van der Waals surface area contributed by atoms with Crippen molar-refractivity contribution in [2.45, 2.75) is 10.8 Å². The lowest BCUT2D eigenvalue weighted by Gasteiger charge is -2.39. The average molecular weight is 648 g/mol. The molecule has 5 aromatic rings. The summed E-state index contributed by atoms with van der Waals surface area (Å²) in [5.41, 5.74) is 1.55. The van der Waals surface area contributed by atoms with Gasteiger partial charge in [-0.05, 0) is 69.8 Å². The molecule has 3 aliphatic rings. The van der Waals surface area contributed by atoms with Gasteiger partial charge in [0.15, 0.2) is 5.78 Å². The molecule has 1 aliphatic heterocycles. The Morgan fingerprint density at radius 1 is 0.490 bits per heavy atom. The molecule has 5 aromatic carbocycles. The highest BCUT2D eigenvalue weighted by Gasteiger charge is 2.82. The summed E-state index contributed by atoms with van der Waals surface area (Å²) in [6.45, 7) is 0. The Morgan fingerprint density at radius 3 is 1.31 bits per heavy atom. The molecule has 49 heavy (non-hydrogen) atoms. The standard InChI is InChI=1S/C42H33NO6/c1-47-30-22-18-26(19-23-30)34-35(27-20-24-31(48-2)25-21-27)42(29-14-8-5-9-15-29)37-36(41(34,40(42)46)28-12-6-4-7-13-28)38(44)43(39(37)45)32-16-10-11-17-33(32)49-3/h4-25,36-37H,1-3H3/t36-,37-,41-,42-/m1/s1. The van der Waals surface area contributed by atoms with Crippen molar-refractivity contribution in [2.75, 3.05) is 26.2 Å². The van der Waals surface area contributed by atoms with E-state index in [-0.39, 0.29) is 5.78 Å². The molecule has 1 saturated carbocycles. The van der Waals surface area contributed by atoms with Crippen molar-refractivity contribution in [3.8, 4) is 17.2 Å². The minimum atomic E-state index is -1.52. The van der Waals surface area contributed by atoms with Crippen LogP contribution in [-0.2, 0) is 25.2 Å². The second-order valence-corrected chi connectivity index (χ2v) is 12.5. The zero-order chi connectivity index (χ0) is 33.9. The maximum Gasteiger partial charge on any atom is 0.239 e. The van der Waals surface area contributed by atoms with Crippen molar-refractivity contribution in [1.29, 1.82) is 0 Å². The van der Waals surface area contributed by atoms with Crippen LogP contribution in [0, 0.1) is 11.8 Å². The summed E-state index contributed by atoms with van der Waals surface area (Å²) in [5.74, 6) is -1.44. The summed E-state index contributed by atoms with van der Waals surface area (Å²) in [5, 5.41) is 0. The maximum absolute atomic E-state index is 16.1. The highest BCUT2D eigenvalue weighted by molar-refractivity contribution is 6.39. The third-order valence-electron chi connectivity index (χ3n) is 10.5. The van der Waals surface area contributed by atoms with Gasteiger partial charge in [-0.1, -0.05) is 97.1 Å². The molecule has 1 heterocycles. The Morgan fingerprint density at radius 2 is 0.898 bits per heavy atom. The van der Waals surface area contributed by atoms with E-state index >= 15 is 14.4 Å².